The lowest BCUT2D eigenvalue weighted by molar-refractivity contribution is 0.0114. The van der Waals surface area contributed by atoms with E-state index < -0.39 is 5.60 Å². The Bertz CT molecular complexity index is 402. The fourth-order valence-corrected chi connectivity index (χ4v) is 1.77. The number of hydrogen-bond acceptors (Lipinski definition) is 4. The van der Waals surface area contributed by atoms with Crippen LogP contribution in [0.15, 0.2) is 0 Å². The van der Waals surface area contributed by atoms with Gasteiger partial charge in [-0.2, -0.15) is 0 Å². The first kappa shape index (κ1) is 14.9. The Morgan fingerprint density at radius 3 is 2.39 bits per heavy atom. The number of ether oxygens (including phenoxy) is 1. The van der Waals surface area contributed by atoms with Gasteiger partial charge in [0.15, 0.2) is 5.82 Å². The molecule has 1 aromatic rings. The third kappa shape index (κ3) is 3.19. The maximum atomic E-state index is 5.46. The Morgan fingerprint density at radius 1 is 1.22 bits per heavy atom. The van der Waals surface area contributed by atoms with Crippen molar-refractivity contribution in [3.05, 3.63) is 17.1 Å². The molecule has 4 nitrogen and oxygen atoms in total. The number of aromatic nitrogens is 2. The van der Waals surface area contributed by atoms with Gasteiger partial charge in [-0.1, -0.05) is 13.8 Å². The molecule has 0 atom stereocenters. The van der Waals surface area contributed by atoms with Gasteiger partial charge in [-0.15, -0.1) is 0 Å². The number of nitrogens with zero attached hydrogens (tertiary/aromatic N) is 2. The summed E-state index contributed by atoms with van der Waals surface area (Å²) in [5, 5.41) is 3.38. The van der Waals surface area contributed by atoms with Gasteiger partial charge in [-0.3, -0.25) is 0 Å². The van der Waals surface area contributed by atoms with E-state index in [9.17, 15) is 0 Å². The second-order valence-corrected chi connectivity index (χ2v) is 4.95. The predicted molar refractivity (Wildman–Crippen MR) is 75.0 cm³/mol. The van der Waals surface area contributed by atoms with Crippen LogP contribution in [-0.2, 0) is 16.8 Å². The summed E-state index contributed by atoms with van der Waals surface area (Å²) in [4.78, 5) is 9.22. The second kappa shape index (κ2) is 6.14. The smallest absolute Gasteiger partial charge is 0.162 e. The molecular formula is C14H25N3O. The van der Waals surface area contributed by atoms with Crippen LogP contribution in [0.5, 0.6) is 0 Å². The SMILES string of the molecule is CCCNc1nc(C(C)(C)OC)nc(C)c1CC. The zero-order valence-electron chi connectivity index (χ0n) is 12.4. The molecule has 0 aliphatic carbocycles. The summed E-state index contributed by atoms with van der Waals surface area (Å²) in [7, 11) is 1.69. The third-order valence-electron chi connectivity index (χ3n) is 3.16. The van der Waals surface area contributed by atoms with Crippen LogP contribution in [0.1, 0.15) is 51.2 Å². The van der Waals surface area contributed by atoms with Gasteiger partial charge in [0.2, 0.25) is 0 Å². The highest BCUT2D eigenvalue weighted by Gasteiger charge is 2.25. The Labute approximate surface area is 110 Å². The first-order valence-corrected chi connectivity index (χ1v) is 6.63. The van der Waals surface area contributed by atoms with Crippen LogP contribution in [-0.4, -0.2) is 23.6 Å². The summed E-state index contributed by atoms with van der Waals surface area (Å²) < 4.78 is 5.46. The van der Waals surface area contributed by atoms with Crippen molar-refractivity contribution in [1.29, 1.82) is 0 Å². The molecule has 0 unspecified atom stereocenters. The van der Waals surface area contributed by atoms with Crippen LogP contribution in [0.3, 0.4) is 0 Å². The molecule has 1 rings (SSSR count). The summed E-state index contributed by atoms with van der Waals surface area (Å²) in [5.41, 5.74) is 1.77. The summed E-state index contributed by atoms with van der Waals surface area (Å²) in [5.74, 6) is 1.69. The molecule has 0 saturated heterocycles. The lowest BCUT2D eigenvalue weighted by Crippen LogP contribution is -2.25. The topological polar surface area (TPSA) is 47.0 Å². The van der Waals surface area contributed by atoms with Crippen molar-refractivity contribution in [2.75, 3.05) is 19.0 Å². The first-order valence-electron chi connectivity index (χ1n) is 6.63. The van der Waals surface area contributed by atoms with E-state index in [0.717, 1.165) is 36.7 Å². The molecule has 18 heavy (non-hydrogen) atoms. The number of hydrogen-bond donors (Lipinski definition) is 1. The van der Waals surface area contributed by atoms with Gasteiger partial charge >= 0.3 is 0 Å². The lowest BCUT2D eigenvalue weighted by Gasteiger charge is -2.23. The number of nitrogens with one attached hydrogen (secondary N) is 1. The number of anilines is 1. The van der Waals surface area contributed by atoms with E-state index in [2.05, 4.69) is 29.1 Å². The molecule has 0 bridgehead atoms. The monoisotopic (exact) mass is 251 g/mol. The van der Waals surface area contributed by atoms with Gasteiger partial charge in [0.1, 0.15) is 11.4 Å². The van der Waals surface area contributed by atoms with Gasteiger partial charge < -0.3 is 10.1 Å². The largest absolute Gasteiger partial charge is 0.371 e. The molecule has 4 heteroatoms. The fourth-order valence-electron chi connectivity index (χ4n) is 1.77. The first-order chi connectivity index (χ1) is 8.46. The summed E-state index contributed by atoms with van der Waals surface area (Å²) in [6, 6.07) is 0. The van der Waals surface area contributed by atoms with Gasteiger partial charge in [-0.05, 0) is 33.6 Å². The van der Waals surface area contributed by atoms with E-state index in [1.807, 2.05) is 20.8 Å². The minimum Gasteiger partial charge on any atom is -0.371 e. The fraction of sp³-hybridized carbons (Fsp3) is 0.714. The zero-order valence-corrected chi connectivity index (χ0v) is 12.4. The number of methoxy groups -OCH3 is 1. The standard InChI is InChI=1S/C14H25N3O/c1-7-9-15-12-11(8-2)10(3)16-13(17-12)14(4,5)18-6/h7-9H2,1-6H3,(H,15,16,17). The van der Waals surface area contributed by atoms with E-state index in [4.69, 9.17) is 4.74 Å². The van der Waals surface area contributed by atoms with Crippen LogP contribution in [0.25, 0.3) is 0 Å². The van der Waals surface area contributed by atoms with Crippen molar-refractivity contribution < 1.29 is 4.74 Å². The van der Waals surface area contributed by atoms with Crippen LogP contribution in [0, 0.1) is 6.92 Å². The molecule has 0 saturated carbocycles. The van der Waals surface area contributed by atoms with E-state index in [0.29, 0.717) is 0 Å². The molecule has 102 valence electrons. The summed E-state index contributed by atoms with van der Waals surface area (Å²) in [6.45, 7) is 11.2. The van der Waals surface area contributed by atoms with Crippen LogP contribution in [0.2, 0.25) is 0 Å². The van der Waals surface area contributed by atoms with Crippen LogP contribution < -0.4 is 5.32 Å². The van der Waals surface area contributed by atoms with Gasteiger partial charge in [-0.25, -0.2) is 9.97 Å². The Kier molecular flexibility index (Phi) is 5.08. The maximum Gasteiger partial charge on any atom is 0.162 e. The molecule has 1 aromatic heterocycles. The zero-order chi connectivity index (χ0) is 13.8. The summed E-state index contributed by atoms with van der Waals surface area (Å²) >= 11 is 0. The van der Waals surface area contributed by atoms with Crippen molar-refractivity contribution in [3.8, 4) is 0 Å². The van der Waals surface area contributed by atoms with Gasteiger partial charge in [0.25, 0.3) is 0 Å². The van der Waals surface area contributed by atoms with E-state index in [1.54, 1.807) is 7.11 Å². The van der Waals surface area contributed by atoms with E-state index in [1.165, 1.54) is 5.56 Å². The van der Waals surface area contributed by atoms with Crippen molar-refractivity contribution in [2.45, 2.75) is 53.1 Å². The Balaban J connectivity index is 3.21. The molecule has 0 aromatic carbocycles. The van der Waals surface area contributed by atoms with Crippen molar-refractivity contribution in [3.63, 3.8) is 0 Å². The van der Waals surface area contributed by atoms with E-state index >= 15 is 0 Å². The molecule has 1 heterocycles. The highest BCUT2D eigenvalue weighted by atomic mass is 16.5. The number of aryl methyl sites for hydroxylation is 1. The normalized spacial score (nSPS) is 11.7. The molecule has 0 aliphatic heterocycles. The highest BCUT2D eigenvalue weighted by Crippen LogP contribution is 2.25. The van der Waals surface area contributed by atoms with Crippen LogP contribution in [0.4, 0.5) is 5.82 Å². The van der Waals surface area contributed by atoms with Crippen molar-refractivity contribution >= 4 is 5.82 Å². The second-order valence-electron chi connectivity index (χ2n) is 4.95. The van der Waals surface area contributed by atoms with Crippen molar-refractivity contribution in [1.82, 2.24) is 9.97 Å². The molecule has 0 fully saturated rings. The summed E-state index contributed by atoms with van der Waals surface area (Å²) in [6.07, 6.45) is 2.01. The Morgan fingerprint density at radius 2 is 1.89 bits per heavy atom. The lowest BCUT2D eigenvalue weighted by atomic mass is 10.1. The molecule has 0 spiro atoms. The molecule has 0 aliphatic rings. The van der Waals surface area contributed by atoms with Gasteiger partial charge in [0.05, 0.1) is 0 Å². The minimum atomic E-state index is -0.459. The average Bonchev–Trinajstić information content (AvgIpc) is 2.35. The Hall–Kier alpha value is -1.16. The number of rotatable bonds is 6. The van der Waals surface area contributed by atoms with Gasteiger partial charge in [0, 0.05) is 24.9 Å². The molecular weight excluding hydrogens is 226 g/mol. The van der Waals surface area contributed by atoms with Crippen LogP contribution >= 0.6 is 0 Å². The quantitative estimate of drug-likeness (QED) is 0.844. The van der Waals surface area contributed by atoms with Crippen molar-refractivity contribution in [2.24, 2.45) is 0 Å². The molecule has 0 radical (unpaired) electrons. The third-order valence-corrected chi connectivity index (χ3v) is 3.16. The average molecular weight is 251 g/mol. The van der Waals surface area contributed by atoms with E-state index in [-0.39, 0.29) is 0 Å². The highest BCUT2D eigenvalue weighted by molar-refractivity contribution is 5.46. The molecule has 1 N–H and O–H groups in total. The molecule has 0 amide bonds. The maximum absolute atomic E-state index is 5.46. The minimum absolute atomic E-state index is 0.459. The predicted octanol–water partition coefficient (Wildman–Crippen LogP) is 3.05.